The molecule has 0 unspecified atom stereocenters. The van der Waals surface area contributed by atoms with Gasteiger partial charge in [-0.05, 0) is 86.6 Å². The number of nitrogens with one attached hydrogen (secondary N) is 2. The molecule has 0 aromatic heterocycles. The topological polar surface area (TPSA) is 101 Å². The first-order valence-electron chi connectivity index (χ1n) is 12.5. The van der Waals surface area contributed by atoms with E-state index < -0.39 is 9.84 Å². The number of anilines is 2. The summed E-state index contributed by atoms with van der Waals surface area (Å²) in [5, 5.41) is 8.48. The van der Waals surface area contributed by atoms with Gasteiger partial charge >= 0.3 is 0 Å². The monoisotopic (exact) mass is 542 g/mol. The van der Waals surface area contributed by atoms with Gasteiger partial charge in [-0.2, -0.15) is 10.2 Å². The van der Waals surface area contributed by atoms with Crippen LogP contribution >= 0.6 is 0 Å². The van der Waals surface area contributed by atoms with E-state index in [2.05, 4.69) is 21.1 Å². The number of benzene rings is 4. The molecule has 0 bridgehead atoms. The molecule has 0 aliphatic heterocycles. The average Bonchev–Trinajstić information content (AvgIpc) is 2.96. The van der Waals surface area contributed by atoms with Crippen molar-refractivity contribution in [1.29, 1.82) is 0 Å². The number of ether oxygens (including phenoxy) is 2. The van der Waals surface area contributed by atoms with Gasteiger partial charge in [0.15, 0.2) is 0 Å². The van der Waals surface area contributed by atoms with Crippen molar-refractivity contribution in [2.45, 2.75) is 23.6 Å². The van der Waals surface area contributed by atoms with Crippen LogP contribution in [0.5, 0.6) is 11.5 Å². The van der Waals surface area contributed by atoms with E-state index in [9.17, 15) is 8.42 Å². The average molecular weight is 543 g/mol. The van der Waals surface area contributed by atoms with Crippen LogP contribution in [0.15, 0.2) is 117 Å². The molecular weight excluding hydrogens is 512 g/mol. The lowest BCUT2D eigenvalue weighted by atomic mass is 10.2. The van der Waals surface area contributed by atoms with Crippen LogP contribution in [0.1, 0.15) is 25.0 Å². The SMILES string of the molecule is CCOc1ccccc1/C=N\Nc1ccc(S(=O)(=O)c2ccc(N/N=C\c3ccccc3OCC)cc2)cc1. The number of hydrazone groups is 2. The maximum absolute atomic E-state index is 13.1. The van der Waals surface area contributed by atoms with E-state index in [-0.39, 0.29) is 9.79 Å². The second kappa shape index (κ2) is 13.3. The normalized spacial score (nSPS) is 11.5. The van der Waals surface area contributed by atoms with E-state index >= 15 is 0 Å². The fourth-order valence-electron chi connectivity index (χ4n) is 3.65. The third kappa shape index (κ3) is 7.24. The molecule has 2 N–H and O–H groups in total. The van der Waals surface area contributed by atoms with Gasteiger partial charge in [-0.1, -0.05) is 24.3 Å². The highest BCUT2D eigenvalue weighted by Crippen LogP contribution is 2.24. The Hall–Kier alpha value is -4.63. The molecule has 4 aromatic rings. The molecule has 0 saturated carbocycles. The summed E-state index contributed by atoms with van der Waals surface area (Å²) >= 11 is 0. The largest absolute Gasteiger partial charge is 0.493 e. The summed E-state index contributed by atoms with van der Waals surface area (Å²) in [6, 6.07) is 28.1. The van der Waals surface area contributed by atoms with Gasteiger partial charge in [0.1, 0.15) is 11.5 Å². The summed E-state index contributed by atoms with van der Waals surface area (Å²) in [6.45, 7) is 4.97. The zero-order valence-electron chi connectivity index (χ0n) is 21.7. The summed E-state index contributed by atoms with van der Waals surface area (Å²) in [5.74, 6) is 1.49. The van der Waals surface area contributed by atoms with Gasteiger partial charge < -0.3 is 9.47 Å². The van der Waals surface area contributed by atoms with Crippen LogP contribution in [0.2, 0.25) is 0 Å². The summed E-state index contributed by atoms with van der Waals surface area (Å²) in [4.78, 5) is 0.370. The first kappa shape index (κ1) is 27.4. The maximum Gasteiger partial charge on any atom is 0.206 e. The number of hydrogen-bond acceptors (Lipinski definition) is 8. The van der Waals surface area contributed by atoms with Gasteiger partial charge in [0.2, 0.25) is 9.84 Å². The molecule has 0 radical (unpaired) electrons. The second-order valence-electron chi connectivity index (χ2n) is 8.23. The molecular formula is C30H30N4O4S. The smallest absolute Gasteiger partial charge is 0.206 e. The molecule has 8 nitrogen and oxygen atoms in total. The van der Waals surface area contributed by atoms with E-state index in [0.717, 1.165) is 22.6 Å². The first-order valence-corrected chi connectivity index (χ1v) is 14.0. The molecule has 200 valence electrons. The summed E-state index contributed by atoms with van der Waals surface area (Å²) in [7, 11) is -3.69. The van der Waals surface area contributed by atoms with E-state index in [4.69, 9.17) is 9.47 Å². The van der Waals surface area contributed by atoms with Crippen LogP contribution in [0, 0.1) is 0 Å². The fourth-order valence-corrected chi connectivity index (χ4v) is 4.92. The van der Waals surface area contributed by atoms with Gasteiger partial charge in [-0.15, -0.1) is 0 Å². The van der Waals surface area contributed by atoms with Crippen LogP contribution < -0.4 is 20.3 Å². The minimum Gasteiger partial charge on any atom is -0.493 e. The number of sulfone groups is 1. The van der Waals surface area contributed by atoms with Crippen molar-refractivity contribution in [2.75, 3.05) is 24.1 Å². The quantitative estimate of drug-likeness (QED) is 0.163. The number of para-hydroxylation sites is 2. The highest BCUT2D eigenvalue weighted by molar-refractivity contribution is 7.91. The number of hydrogen-bond donors (Lipinski definition) is 2. The van der Waals surface area contributed by atoms with E-state index in [1.165, 1.54) is 0 Å². The van der Waals surface area contributed by atoms with E-state index in [0.29, 0.717) is 24.6 Å². The Morgan fingerprint density at radius 1 is 0.615 bits per heavy atom. The number of nitrogens with zero attached hydrogens (tertiary/aromatic N) is 2. The lowest BCUT2D eigenvalue weighted by Crippen LogP contribution is -2.02. The van der Waals surface area contributed by atoms with Gasteiger partial charge in [0.05, 0.1) is 46.8 Å². The van der Waals surface area contributed by atoms with Crippen LogP contribution in [-0.4, -0.2) is 34.1 Å². The molecule has 0 saturated heterocycles. The second-order valence-corrected chi connectivity index (χ2v) is 10.2. The van der Waals surface area contributed by atoms with Gasteiger partial charge in [0.25, 0.3) is 0 Å². The van der Waals surface area contributed by atoms with Crippen molar-refractivity contribution in [3.05, 3.63) is 108 Å². The Labute approximate surface area is 228 Å². The Morgan fingerprint density at radius 2 is 1.00 bits per heavy atom. The third-order valence-electron chi connectivity index (χ3n) is 5.56. The van der Waals surface area contributed by atoms with Gasteiger partial charge in [-0.3, -0.25) is 10.9 Å². The summed E-state index contributed by atoms with van der Waals surface area (Å²) in [6.07, 6.45) is 3.32. The van der Waals surface area contributed by atoms with Crippen molar-refractivity contribution in [2.24, 2.45) is 10.2 Å². The molecule has 0 amide bonds. The molecule has 0 fully saturated rings. The van der Waals surface area contributed by atoms with Gasteiger partial charge in [0, 0.05) is 11.1 Å². The molecule has 0 atom stereocenters. The summed E-state index contributed by atoms with van der Waals surface area (Å²) < 4.78 is 37.4. The molecule has 39 heavy (non-hydrogen) atoms. The Morgan fingerprint density at radius 3 is 1.38 bits per heavy atom. The van der Waals surface area contributed by atoms with Crippen molar-refractivity contribution >= 4 is 33.6 Å². The first-order chi connectivity index (χ1) is 19.0. The van der Waals surface area contributed by atoms with Crippen molar-refractivity contribution in [3.8, 4) is 11.5 Å². The minimum absolute atomic E-state index is 0.185. The minimum atomic E-state index is -3.69. The van der Waals surface area contributed by atoms with Crippen molar-refractivity contribution < 1.29 is 17.9 Å². The molecule has 0 aliphatic carbocycles. The lowest BCUT2D eigenvalue weighted by molar-refractivity contribution is 0.339. The predicted octanol–water partition coefficient (Wildman–Crippen LogP) is 6.21. The standard InChI is InChI=1S/C30H30N4O4S/c1-3-37-29-11-7-5-9-23(29)21-31-33-25-13-17-27(18-14-25)39(35,36)28-19-15-26(16-20-28)34-32-22-24-10-6-8-12-30(24)38-4-2/h5-22,33-34H,3-4H2,1-2H3/b31-21-,32-22-. The zero-order valence-corrected chi connectivity index (χ0v) is 22.6. The molecule has 0 spiro atoms. The van der Waals surface area contributed by atoms with E-state index in [1.54, 1.807) is 61.0 Å². The zero-order chi connectivity index (χ0) is 27.5. The Bertz CT molecular complexity index is 1420. The van der Waals surface area contributed by atoms with Crippen LogP contribution in [0.3, 0.4) is 0 Å². The highest BCUT2D eigenvalue weighted by Gasteiger charge is 2.17. The van der Waals surface area contributed by atoms with E-state index in [1.807, 2.05) is 62.4 Å². The molecule has 4 rings (SSSR count). The lowest BCUT2D eigenvalue weighted by Gasteiger charge is -2.08. The molecule has 0 heterocycles. The van der Waals surface area contributed by atoms with Crippen molar-refractivity contribution in [3.63, 3.8) is 0 Å². The number of rotatable bonds is 12. The van der Waals surface area contributed by atoms with Crippen LogP contribution in [0.4, 0.5) is 11.4 Å². The third-order valence-corrected chi connectivity index (χ3v) is 7.35. The maximum atomic E-state index is 13.1. The summed E-state index contributed by atoms with van der Waals surface area (Å²) in [5.41, 5.74) is 8.83. The molecule has 9 heteroatoms. The molecule has 4 aromatic carbocycles. The van der Waals surface area contributed by atoms with Crippen LogP contribution in [-0.2, 0) is 9.84 Å². The van der Waals surface area contributed by atoms with Crippen molar-refractivity contribution in [1.82, 2.24) is 0 Å². The Kier molecular flexibility index (Phi) is 9.31. The fraction of sp³-hybridized carbons (Fsp3) is 0.133. The molecule has 0 aliphatic rings. The van der Waals surface area contributed by atoms with Crippen LogP contribution in [0.25, 0.3) is 0 Å². The highest BCUT2D eigenvalue weighted by atomic mass is 32.2. The predicted molar refractivity (Wildman–Crippen MR) is 156 cm³/mol. The Balaban J connectivity index is 1.38. The van der Waals surface area contributed by atoms with Gasteiger partial charge in [-0.25, -0.2) is 8.42 Å².